The molecule has 2 aliphatic carbocycles. The minimum absolute atomic E-state index is 1.13. The highest BCUT2D eigenvalue weighted by Gasteiger charge is 2.13. The average molecular weight is 397 g/mol. The van der Waals surface area contributed by atoms with Crippen LogP contribution in [0.1, 0.15) is 70.2 Å². The minimum Gasteiger partial charge on any atom is -0.264 e. The molecule has 0 atom stereocenters. The Morgan fingerprint density at radius 3 is 0.967 bits per heavy atom. The molecule has 8 bridgehead atoms. The van der Waals surface area contributed by atoms with Crippen molar-refractivity contribution in [3.8, 4) is 0 Å². The summed E-state index contributed by atoms with van der Waals surface area (Å²) in [5, 5.41) is 0. The van der Waals surface area contributed by atoms with Crippen molar-refractivity contribution in [1.29, 1.82) is 0 Å². The summed E-state index contributed by atoms with van der Waals surface area (Å²) >= 11 is 0. The summed E-state index contributed by atoms with van der Waals surface area (Å²) in [7, 11) is 0. The normalized spacial score (nSPS) is 17.1. The first-order valence-corrected chi connectivity index (χ1v) is 11.8. The molecule has 30 heavy (non-hydrogen) atoms. The van der Waals surface area contributed by atoms with E-state index in [0.29, 0.717) is 0 Å². The Labute approximate surface area is 180 Å². The van der Waals surface area contributed by atoms with Gasteiger partial charge in [0, 0.05) is 24.8 Å². The van der Waals surface area contributed by atoms with Gasteiger partial charge in [-0.05, 0) is 122 Å². The Hall–Kier alpha value is -2.48. The Morgan fingerprint density at radius 1 is 0.367 bits per heavy atom. The van der Waals surface area contributed by atoms with Crippen molar-refractivity contribution < 1.29 is 0 Å². The summed E-state index contributed by atoms with van der Waals surface area (Å²) in [6, 6.07) is 9.95. The van der Waals surface area contributed by atoms with Gasteiger partial charge < -0.3 is 0 Å². The van der Waals surface area contributed by atoms with Gasteiger partial charge in [0.1, 0.15) is 0 Å². The van der Waals surface area contributed by atoms with E-state index in [2.05, 4.69) is 59.0 Å². The number of hydrogen-bond donors (Lipinski definition) is 0. The molecule has 5 rings (SSSR count). The van der Waals surface area contributed by atoms with Gasteiger partial charge in [-0.25, -0.2) is 0 Å². The van der Waals surface area contributed by atoms with Crippen LogP contribution in [0.2, 0.25) is 0 Å². The number of hydrogen-bond acceptors (Lipinski definition) is 2. The summed E-state index contributed by atoms with van der Waals surface area (Å²) in [6.07, 6.45) is 22.4. The first kappa shape index (κ1) is 19.5. The summed E-state index contributed by atoms with van der Waals surface area (Å²) in [6.45, 7) is 0. The molecule has 0 amide bonds. The second-order valence-corrected chi connectivity index (χ2v) is 9.21. The molecule has 0 N–H and O–H groups in total. The van der Waals surface area contributed by atoms with E-state index in [4.69, 9.17) is 0 Å². The van der Waals surface area contributed by atoms with Crippen LogP contribution in [0, 0.1) is 0 Å². The lowest BCUT2D eigenvalue weighted by Crippen LogP contribution is -2.07. The Bertz CT molecular complexity index is 869. The molecule has 154 valence electrons. The molecule has 2 heteroatoms. The van der Waals surface area contributed by atoms with Crippen molar-refractivity contribution in [2.45, 2.75) is 77.0 Å². The van der Waals surface area contributed by atoms with Gasteiger partial charge in [-0.15, -0.1) is 0 Å². The summed E-state index contributed by atoms with van der Waals surface area (Å²) in [5.41, 5.74) is 12.0. The van der Waals surface area contributed by atoms with E-state index < -0.39 is 0 Å². The molecule has 2 aromatic heterocycles. The van der Waals surface area contributed by atoms with Gasteiger partial charge in [0.2, 0.25) is 0 Å². The highest BCUT2D eigenvalue weighted by atomic mass is 14.6. The van der Waals surface area contributed by atoms with Crippen molar-refractivity contribution in [2.75, 3.05) is 0 Å². The van der Waals surface area contributed by atoms with Gasteiger partial charge in [-0.1, -0.05) is 24.3 Å². The lowest BCUT2D eigenvalue weighted by Gasteiger charge is -2.19. The molecular weight excluding hydrogens is 364 g/mol. The number of aromatic nitrogens is 2. The van der Waals surface area contributed by atoms with E-state index in [1.807, 2.05) is 0 Å². The van der Waals surface area contributed by atoms with Gasteiger partial charge >= 0.3 is 0 Å². The third-order valence-corrected chi connectivity index (χ3v) is 6.87. The average Bonchev–Trinajstić information content (AvgIpc) is 2.75. The van der Waals surface area contributed by atoms with Crippen LogP contribution < -0.4 is 0 Å². The maximum Gasteiger partial charge on any atom is 0.0300 e. The van der Waals surface area contributed by atoms with E-state index in [-0.39, 0.29) is 0 Å². The second-order valence-electron chi connectivity index (χ2n) is 9.21. The first-order valence-electron chi connectivity index (χ1n) is 11.8. The predicted molar refractivity (Wildman–Crippen MR) is 123 cm³/mol. The fourth-order valence-electron chi connectivity index (χ4n) is 5.28. The zero-order valence-electron chi connectivity index (χ0n) is 18.0. The number of rotatable bonds is 0. The van der Waals surface area contributed by atoms with E-state index in [9.17, 15) is 0 Å². The van der Waals surface area contributed by atoms with Crippen molar-refractivity contribution >= 4 is 0 Å². The topological polar surface area (TPSA) is 25.8 Å². The van der Waals surface area contributed by atoms with Crippen LogP contribution in [0.5, 0.6) is 0 Å². The van der Waals surface area contributed by atoms with Crippen LogP contribution in [0.25, 0.3) is 0 Å². The van der Waals surface area contributed by atoms with E-state index in [0.717, 1.165) is 25.7 Å². The molecule has 0 unspecified atom stereocenters. The molecule has 2 nitrogen and oxygen atoms in total. The van der Waals surface area contributed by atoms with Gasteiger partial charge in [0.25, 0.3) is 0 Å². The summed E-state index contributed by atoms with van der Waals surface area (Å²) in [5.74, 6) is 0. The second kappa shape index (κ2) is 9.12. The minimum atomic E-state index is 1.13. The summed E-state index contributed by atoms with van der Waals surface area (Å²) in [4.78, 5) is 9.00. The highest BCUT2D eigenvalue weighted by Crippen LogP contribution is 2.26. The molecule has 0 saturated heterocycles. The number of fused-ring (bicyclic) bond motifs is 10. The highest BCUT2D eigenvalue weighted by molar-refractivity contribution is 5.40. The molecule has 3 aromatic rings. The zero-order chi connectivity index (χ0) is 20.2. The molecule has 0 fully saturated rings. The third-order valence-electron chi connectivity index (χ3n) is 6.87. The smallest absolute Gasteiger partial charge is 0.0300 e. The predicted octanol–water partition coefficient (Wildman–Crippen LogP) is 5.80. The largest absolute Gasteiger partial charge is 0.264 e. The van der Waals surface area contributed by atoms with Crippen molar-refractivity contribution in [1.82, 2.24) is 9.97 Å². The Balaban J connectivity index is 1.44. The van der Waals surface area contributed by atoms with Gasteiger partial charge in [-0.2, -0.15) is 0 Å². The molecular formula is C28H32N2. The molecule has 2 aliphatic rings. The number of benzene rings is 1. The lowest BCUT2D eigenvalue weighted by molar-refractivity contribution is 0.738. The van der Waals surface area contributed by atoms with Gasteiger partial charge in [-0.3, -0.25) is 9.97 Å². The number of nitrogens with zero attached hydrogens (tertiary/aromatic N) is 2. The monoisotopic (exact) mass is 396 g/mol. The maximum absolute atomic E-state index is 4.50. The third kappa shape index (κ3) is 4.64. The maximum atomic E-state index is 4.50. The molecule has 0 saturated carbocycles. The van der Waals surface area contributed by atoms with E-state index >= 15 is 0 Å². The van der Waals surface area contributed by atoms with Crippen molar-refractivity contribution in [2.24, 2.45) is 0 Å². The van der Waals surface area contributed by atoms with Crippen molar-refractivity contribution in [3.05, 3.63) is 93.6 Å². The quantitative estimate of drug-likeness (QED) is 0.479. The summed E-state index contributed by atoms with van der Waals surface area (Å²) < 4.78 is 0. The van der Waals surface area contributed by atoms with Crippen LogP contribution in [0.4, 0.5) is 0 Å². The molecule has 0 aliphatic heterocycles. The Morgan fingerprint density at radius 2 is 0.667 bits per heavy atom. The SMILES string of the molecule is c1ncc2cc1CCCc1cc(c3cc1CCCc1cncc(c1)CCC3)CCC2. The van der Waals surface area contributed by atoms with Gasteiger partial charge in [0.05, 0.1) is 0 Å². The zero-order valence-corrected chi connectivity index (χ0v) is 18.0. The molecule has 0 radical (unpaired) electrons. The molecule has 0 spiro atoms. The number of aryl methyl sites for hydroxylation is 8. The fraction of sp³-hybridized carbons (Fsp3) is 0.429. The standard InChI is InChI=1S/C28H32N2/c1-5-21-13-22(18-29-17-21)6-3-11-27-15-25(9-1)26-10-2-7-23-14-24(20-30-19-23)8-4-12-28(27)16-26/h13-20H,1-12H2. The van der Waals surface area contributed by atoms with Crippen LogP contribution in [-0.4, -0.2) is 9.97 Å². The fourth-order valence-corrected chi connectivity index (χ4v) is 5.28. The van der Waals surface area contributed by atoms with E-state index in [1.54, 1.807) is 22.3 Å². The van der Waals surface area contributed by atoms with Crippen LogP contribution in [0.3, 0.4) is 0 Å². The lowest BCUT2D eigenvalue weighted by atomic mass is 9.87. The number of pyridine rings is 2. The van der Waals surface area contributed by atoms with Crippen LogP contribution >= 0.6 is 0 Å². The van der Waals surface area contributed by atoms with Crippen LogP contribution in [-0.2, 0) is 51.4 Å². The molecule has 2 heterocycles. The van der Waals surface area contributed by atoms with Gasteiger partial charge in [0.15, 0.2) is 0 Å². The van der Waals surface area contributed by atoms with E-state index in [1.165, 1.54) is 73.6 Å². The molecule has 1 aromatic carbocycles. The van der Waals surface area contributed by atoms with Crippen molar-refractivity contribution in [3.63, 3.8) is 0 Å². The van der Waals surface area contributed by atoms with Crippen LogP contribution in [0.15, 0.2) is 49.1 Å². The Kier molecular flexibility index (Phi) is 5.92. The first-order chi connectivity index (χ1) is 14.8.